The Morgan fingerprint density at radius 1 is 0.221 bits per heavy atom. The quantitative estimate of drug-likeness (QED) is 0.0742. The van der Waals surface area contributed by atoms with Crippen molar-refractivity contribution in [2.45, 2.75) is 145 Å². The number of nitrogens with zero attached hydrogens (tertiary/aromatic N) is 6. The van der Waals surface area contributed by atoms with E-state index in [0.717, 1.165) is 124 Å². The zero-order chi connectivity index (χ0) is 95.7. The van der Waals surface area contributed by atoms with Crippen molar-refractivity contribution in [1.82, 2.24) is 0 Å². The molecule has 0 amide bonds. The van der Waals surface area contributed by atoms with E-state index >= 15 is 0 Å². The number of furan rings is 2. The van der Waals surface area contributed by atoms with Crippen LogP contribution in [-0.4, -0.2) is 13.4 Å². The third-order valence-corrected chi connectivity index (χ3v) is 29.8. The molecule has 140 heavy (non-hydrogen) atoms. The van der Waals surface area contributed by atoms with E-state index in [-0.39, 0.29) is 13.4 Å². The van der Waals surface area contributed by atoms with E-state index < -0.39 is 0 Å². The molecule has 2 aromatic heterocycles. The summed E-state index contributed by atoms with van der Waals surface area (Å²) in [5.74, 6) is 2.66. The molecular weight excluding hydrogens is 1700 g/mol. The van der Waals surface area contributed by atoms with Gasteiger partial charge in [-0.15, -0.1) is 0 Å². The first-order valence-corrected chi connectivity index (χ1v) is 50.3. The molecule has 0 fully saturated rings. The van der Waals surface area contributed by atoms with E-state index in [1.54, 1.807) is 0 Å². The Hall–Kier alpha value is -15.5. The molecule has 0 radical (unpaired) electrons. The average Bonchev–Trinajstić information content (AvgIpc) is 0.755. The van der Waals surface area contributed by atoms with Crippen LogP contribution >= 0.6 is 0 Å². The van der Waals surface area contributed by atoms with E-state index in [2.05, 4.69) is 522 Å². The minimum absolute atomic E-state index is 0.0329. The van der Waals surface area contributed by atoms with Gasteiger partial charge in [-0.1, -0.05) is 357 Å². The van der Waals surface area contributed by atoms with Crippen molar-refractivity contribution in [2.75, 3.05) is 29.4 Å². The van der Waals surface area contributed by atoms with Crippen LogP contribution in [0.2, 0.25) is 0 Å². The second-order valence-corrected chi connectivity index (χ2v) is 40.9. The van der Waals surface area contributed by atoms with E-state index in [1.165, 1.54) is 122 Å². The fourth-order valence-electron chi connectivity index (χ4n) is 22.3. The van der Waals surface area contributed by atoms with E-state index in [9.17, 15) is 0 Å². The molecule has 0 N–H and O–H groups in total. The van der Waals surface area contributed by atoms with Crippen molar-refractivity contribution in [3.8, 4) is 22.3 Å². The summed E-state index contributed by atoms with van der Waals surface area (Å²) < 4.78 is 13.8. The van der Waals surface area contributed by atoms with Crippen LogP contribution in [0.4, 0.5) is 102 Å². The molecule has 0 saturated carbocycles. The summed E-state index contributed by atoms with van der Waals surface area (Å²) in [7, 11) is 0. The molecule has 0 unspecified atom stereocenters. The molecule has 684 valence electrons. The van der Waals surface area contributed by atoms with Crippen LogP contribution in [0.1, 0.15) is 183 Å². The molecule has 24 rings (SSSR count). The summed E-state index contributed by atoms with van der Waals surface area (Å²) in [5, 5.41) is 4.40. The third-order valence-electron chi connectivity index (χ3n) is 29.8. The standard InChI is InChI=1S/C66H60BN3O.C64H56BN3O/c1-41(2)45-25-27-47(28-26-45)53-19-12-14-22-58(53)70-60-36-32-49(44(7)8)38-57(60)67-56-37-48(43(5)6)31-35-59(56)69(51-33-29-46(30-34-51)42(3)4)62-39-52(40-63(70)65(62)67)68(50-17-10-9-11-18-50)61-23-16-21-55-54-20-13-15-24-64(54)71-66(55)61;1-40(2)44-28-32-49(33-29-44)67-58-36-46(41(3)4)30-34-54(58)65-55-35-31-47(42(5)6)37-59(55)68(56-21-13-11-18-51(56)45-26-24-43(7)25-27-45)61-39-50(38-60(67)63(61)65)66(48-16-9-8-10-17-48)57-22-15-20-53-52-19-12-14-23-62(52)69-64(53)57/h9-44H,1-8H3;8-42H,1-7H3. The van der Waals surface area contributed by atoms with Crippen molar-refractivity contribution < 1.29 is 8.83 Å². The van der Waals surface area contributed by atoms with Gasteiger partial charge in [-0.25, -0.2) is 0 Å². The molecule has 18 aromatic carbocycles. The minimum Gasteiger partial charge on any atom is -0.454 e. The zero-order valence-corrected chi connectivity index (χ0v) is 82.6. The first kappa shape index (κ1) is 88.5. The number of rotatable bonds is 19. The Morgan fingerprint density at radius 2 is 0.536 bits per heavy atom. The number of aryl methyl sites for hydroxylation is 1. The predicted molar refractivity (Wildman–Crippen MR) is 599 cm³/mol. The molecule has 6 heterocycles. The predicted octanol–water partition coefficient (Wildman–Crippen LogP) is 33.8. The second-order valence-electron chi connectivity index (χ2n) is 40.9. The fourth-order valence-corrected chi connectivity index (χ4v) is 22.3. The van der Waals surface area contributed by atoms with Crippen LogP contribution in [0.25, 0.3) is 66.1 Å². The van der Waals surface area contributed by atoms with Crippen molar-refractivity contribution in [3.05, 3.63) is 433 Å². The zero-order valence-electron chi connectivity index (χ0n) is 82.6. The Balaban J connectivity index is 0.000000156. The third kappa shape index (κ3) is 15.2. The van der Waals surface area contributed by atoms with Crippen LogP contribution in [0, 0.1) is 6.92 Å². The van der Waals surface area contributed by atoms with Gasteiger partial charge in [-0.2, -0.15) is 0 Å². The van der Waals surface area contributed by atoms with Gasteiger partial charge < -0.3 is 38.2 Å². The summed E-state index contributed by atoms with van der Waals surface area (Å²) in [4.78, 5) is 15.1. The number of para-hydroxylation sites is 8. The molecular formula is C130H116B2N6O2. The number of hydrogen-bond donors (Lipinski definition) is 0. The Bertz CT molecular complexity index is 8150. The lowest BCUT2D eigenvalue weighted by Crippen LogP contribution is -2.61. The smallest absolute Gasteiger partial charge is 0.252 e. The Morgan fingerprint density at radius 3 is 0.957 bits per heavy atom. The molecule has 4 aliphatic rings. The summed E-state index contributed by atoms with van der Waals surface area (Å²) in [6.45, 7) is 34.2. The van der Waals surface area contributed by atoms with Gasteiger partial charge in [0, 0.05) is 101 Å². The second kappa shape index (κ2) is 35.8. The highest BCUT2D eigenvalue weighted by atomic mass is 16.3. The summed E-state index contributed by atoms with van der Waals surface area (Å²) >= 11 is 0. The van der Waals surface area contributed by atoms with Crippen LogP contribution in [0.3, 0.4) is 0 Å². The maximum atomic E-state index is 6.90. The van der Waals surface area contributed by atoms with Gasteiger partial charge in [0.15, 0.2) is 11.2 Å². The number of fused-ring (bicyclic) bond motifs is 14. The largest absolute Gasteiger partial charge is 0.454 e. The minimum atomic E-state index is -0.0413. The number of benzene rings is 18. The molecule has 0 spiro atoms. The highest BCUT2D eigenvalue weighted by molar-refractivity contribution is 7.01. The van der Waals surface area contributed by atoms with Crippen LogP contribution < -0.4 is 62.2 Å². The van der Waals surface area contributed by atoms with E-state index in [0.29, 0.717) is 41.4 Å². The van der Waals surface area contributed by atoms with Gasteiger partial charge in [0.1, 0.15) is 11.2 Å². The van der Waals surface area contributed by atoms with Crippen molar-refractivity contribution in [2.24, 2.45) is 0 Å². The topological polar surface area (TPSA) is 45.7 Å². The molecule has 20 aromatic rings. The molecule has 0 aliphatic carbocycles. The van der Waals surface area contributed by atoms with Crippen LogP contribution in [0.15, 0.2) is 397 Å². The van der Waals surface area contributed by atoms with Crippen molar-refractivity contribution >= 4 is 192 Å². The SMILES string of the molecule is CC(C)c1ccc(-c2ccccc2N2c3ccc(C(C)C)cc3B3c4cc(C(C)C)ccc4N(c4ccc(C(C)C)cc4)c4cc(N(c5ccccc5)c5cccc6c5oc5ccccc56)cc2c43)cc1.Cc1ccc(-c2ccccc2N2c3cc(C(C)C)ccc3B3c4ccc(C(C)C)cc4N(c4ccc(C(C)C)cc4)c4cc(N(c5ccccc5)c5cccc6c5oc5ccccc56)cc2c43)cc1. The van der Waals surface area contributed by atoms with Gasteiger partial charge in [0.25, 0.3) is 13.4 Å². The van der Waals surface area contributed by atoms with E-state index in [4.69, 9.17) is 8.83 Å². The monoisotopic (exact) mass is 1810 g/mol. The molecule has 0 saturated heterocycles. The number of anilines is 18. The van der Waals surface area contributed by atoms with Gasteiger partial charge in [0.05, 0.1) is 34.1 Å². The lowest BCUT2D eigenvalue weighted by molar-refractivity contribution is 0.668. The van der Waals surface area contributed by atoms with Crippen LogP contribution in [-0.2, 0) is 0 Å². The summed E-state index contributed by atoms with van der Waals surface area (Å²) in [5.41, 5.74) is 46.7. The Labute approximate surface area is 825 Å². The highest BCUT2D eigenvalue weighted by Crippen LogP contribution is 2.56. The number of hydrogen-bond acceptors (Lipinski definition) is 8. The van der Waals surface area contributed by atoms with Gasteiger partial charge in [0.2, 0.25) is 0 Å². The van der Waals surface area contributed by atoms with E-state index in [1.807, 2.05) is 0 Å². The van der Waals surface area contributed by atoms with Gasteiger partial charge >= 0.3 is 0 Å². The van der Waals surface area contributed by atoms with Crippen molar-refractivity contribution in [3.63, 3.8) is 0 Å². The van der Waals surface area contributed by atoms with Gasteiger partial charge in [-0.05, 0) is 265 Å². The summed E-state index contributed by atoms with van der Waals surface area (Å²) in [6.07, 6.45) is 0. The summed E-state index contributed by atoms with van der Waals surface area (Å²) in [6, 6.07) is 145. The lowest BCUT2D eigenvalue weighted by Gasteiger charge is -2.45. The first-order chi connectivity index (χ1) is 68.2. The lowest BCUT2D eigenvalue weighted by atomic mass is 9.33. The highest BCUT2D eigenvalue weighted by Gasteiger charge is 2.48. The van der Waals surface area contributed by atoms with Gasteiger partial charge in [-0.3, -0.25) is 0 Å². The van der Waals surface area contributed by atoms with Crippen molar-refractivity contribution in [1.29, 1.82) is 0 Å². The molecule has 0 bridgehead atoms. The molecule has 10 heteroatoms. The maximum absolute atomic E-state index is 6.90. The maximum Gasteiger partial charge on any atom is 0.252 e. The molecule has 8 nitrogen and oxygen atoms in total. The average molecular weight is 1820 g/mol. The Kier molecular flexibility index (Phi) is 22.6. The van der Waals surface area contributed by atoms with Crippen LogP contribution in [0.5, 0.6) is 0 Å². The normalized spacial score (nSPS) is 12.9. The first-order valence-electron chi connectivity index (χ1n) is 50.3. The fraction of sp³-hybridized carbons (Fsp3) is 0.169. The molecule has 0 atom stereocenters. The molecule has 4 aliphatic heterocycles.